The molecule has 1 heterocycles. The average molecular weight is 183 g/mol. The normalized spacial score (nSPS) is 29.9. The summed E-state index contributed by atoms with van der Waals surface area (Å²) in [7, 11) is 0. The molecule has 13 heavy (non-hydrogen) atoms. The Kier molecular flexibility index (Phi) is 3.76. The summed E-state index contributed by atoms with van der Waals surface area (Å²) in [4.78, 5) is 13.7. The summed E-state index contributed by atoms with van der Waals surface area (Å²) in [6.45, 7) is 7.33. The van der Waals surface area contributed by atoms with Crippen LogP contribution in [0.4, 0.5) is 0 Å². The van der Waals surface area contributed by atoms with Gasteiger partial charge in [0.05, 0.1) is 0 Å². The van der Waals surface area contributed by atoms with Gasteiger partial charge in [0.15, 0.2) is 0 Å². The van der Waals surface area contributed by atoms with Gasteiger partial charge in [-0.15, -0.1) is 0 Å². The molecule has 1 aliphatic rings. The Hall–Kier alpha value is -0.530. The van der Waals surface area contributed by atoms with Gasteiger partial charge in [0.2, 0.25) is 5.91 Å². The van der Waals surface area contributed by atoms with Crippen molar-refractivity contribution in [2.75, 3.05) is 6.54 Å². The first-order valence-electron chi connectivity index (χ1n) is 5.44. The number of carbonyl (C=O) groups excluding carboxylic acids is 1. The molecule has 0 radical (unpaired) electrons. The second-order valence-electron chi connectivity index (χ2n) is 4.28. The minimum atomic E-state index is 0.321. The van der Waals surface area contributed by atoms with Gasteiger partial charge in [-0.25, -0.2) is 0 Å². The van der Waals surface area contributed by atoms with Gasteiger partial charge in [0, 0.05) is 19.0 Å². The molecule has 1 saturated heterocycles. The predicted octanol–water partition coefficient (Wildman–Crippen LogP) is 2.43. The summed E-state index contributed by atoms with van der Waals surface area (Å²) in [5, 5.41) is 0. The van der Waals surface area contributed by atoms with Crippen LogP contribution in [0.3, 0.4) is 0 Å². The van der Waals surface area contributed by atoms with E-state index in [2.05, 4.69) is 18.7 Å². The molecule has 2 atom stereocenters. The lowest BCUT2D eigenvalue weighted by molar-refractivity contribution is -0.133. The van der Waals surface area contributed by atoms with Crippen molar-refractivity contribution in [1.82, 2.24) is 4.90 Å². The molecule has 0 saturated carbocycles. The van der Waals surface area contributed by atoms with E-state index in [-0.39, 0.29) is 0 Å². The lowest BCUT2D eigenvalue weighted by atomic mass is 10.1. The van der Waals surface area contributed by atoms with Gasteiger partial charge in [0.25, 0.3) is 0 Å². The maximum atomic E-state index is 11.6. The molecule has 0 bridgehead atoms. The van der Waals surface area contributed by atoms with Crippen molar-refractivity contribution >= 4 is 5.91 Å². The van der Waals surface area contributed by atoms with E-state index >= 15 is 0 Å². The van der Waals surface area contributed by atoms with Crippen LogP contribution in [0.1, 0.15) is 46.5 Å². The van der Waals surface area contributed by atoms with Gasteiger partial charge in [-0.3, -0.25) is 4.79 Å². The first-order valence-corrected chi connectivity index (χ1v) is 5.44. The first kappa shape index (κ1) is 10.6. The maximum absolute atomic E-state index is 11.6. The fourth-order valence-corrected chi connectivity index (χ4v) is 2.08. The summed E-state index contributed by atoms with van der Waals surface area (Å²) in [6.07, 6.45) is 4.38. The molecule has 1 fully saturated rings. The third kappa shape index (κ3) is 2.71. The van der Waals surface area contributed by atoms with Gasteiger partial charge in [-0.1, -0.05) is 20.3 Å². The SMILES string of the molecule is CCC(=O)N1CC(C)CCCC1C. The number of likely N-dealkylation sites (tertiary alicyclic amines) is 1. The standard InChI is InChI=1S/C11H21NO/c1-4-11(13)12-8-9(2)6-5-7-10(12)3/h9-10H,4-8H2,1-3H3. The van der Waals surface area contributed by atoms with Crippen LogP contribution in [0, 0.1) is 5.92 Å². The maximum Gasteiger partial charge on any atom is 0.222 e. The summed E-state index contributed by atoms with van der Waals surface area (Å²) >= 11 is 0. The molecule has 2 heteroatoms. The first-order chi connectivity index (χ1) is 6.15. The van der Waals surface area contributed by atoms with E-state index in [9.17, 15) is 4.79 Å². The molecule has 0 aromatic rings. The number of carbonyl (C=O) groups is 1. The molecule has 1 amide bonds. The number of rotatable bonds is 1. The Bertz CT molecular complexity index is 179. The molecule has 1 rings (SSSR count). The molecule has 0 aromatic carbocycles. The van der Waals surface area contributed by atoms with E-state index in [1.54, 1.807) is 0 Å². The van der Waals surface area contributed by atoms with Gasteiger partial charge >= 0.3 is 0 Å². The number of hydrogen-bond acceptors (Lipinski definition) is 1. The zero-order valence-electron chi connectivity index (χ0n) is 9.05. The van der Waals surface area contributed by atoms with Crippen LogP contribution in [0.15, 0.2) is 0 Å². The Labute approximate surface area is 81.3 Å². The molecule has 0 aromatic heterocycles. The topological polar surface area (TPSA) is 20.3 Å². The minimum Gasteiger partial charge on any atom is -0.340 e. The van der Waals surface area contributed by atoms with Gasteiger partial charge in [-0.05, 0) is 25.7 Å². The van der Waals surface area contributed by atoms with E-state index < -0.39 is 0 Å². The van der Waals surface area contributed by atoms with Gasteiger partial charge in [0.1, 0.15) is 0 Å². The molecule has 76 valence electrons. The summed E-state index contributed by atoms with van der Waals surface area (Å²) in [5.74, 6) is 1.00. The Morgan fingerprint density at radius 2 is 2.08 bits per heavy atom. The molecule has 0 aliphatic carbocycles. The van der Waals surface area contributed by atoms with Gasteiger partial charge in [-0.2, -0.15) is 0 Å². The largest absolute Gasteiger partial charge is 0.340 e. The van der Waals surface area contributed by atoms with Crippen molar-refractivity contribution < 1.29 is 4.79 Å². The molecule has 2 nitrogen and oxygen atoms in total. The lowest BCUT2D eigenvalue weighted by Crippen LogP contribution is -2.39. The van der Waals surface area contributed by atoms with Gasteiger partial charge < -0.3 is 4.90 Å². The highest BCUT2D eigenvalue weighted by Gasteiger charge is 2.23. The zero-order chi connectivity index (χ0) is 9.84. The third-order valence-corrected chi connectivity index (χ3v) is 2.98. The fraction of sp³-hybridized carbons (Fsp3) is 0.909. The highest BCUT2D eigenvalue weighted by atomic mass is 16.2. The summed E-state index contributed by atoms with van der Waals surface area (Å²) < 4.78 is 0. The van der Waals surface area contributed by atoms with Crippen LogP contribution in [-0.2, 0) is 4.79 Å². The molecular formula is C11H21NO. The van der Waals surface area contributed by atoms with Crippen LogP contribution in [-0.4, -0.2) is 23.4 Å². The van der Waals surface area contributed by atoms with Crippen LogP contribution in [0.5, 0.6) is 0 Å². The third-order valence-electron chi connectivity index (χ3n) is 2.98. The second kappa shape index (κ2) is 4.64. The van der Waals surface area contributed by atoms with Crippen LogP contribution in [0.25, 0.3) is 0 Å². The monoisotopic (exact) mass is 183 g/mol. The average Bonchev–Trinajstić information content (AvgIpc) is 2.27. The van der Waals surface area contributed by atoms with Crippen molar-refractivity contribution in [3.8, 4) is 0 Å². The highest BCUT2D eigenvalue weighted by molar-refractivity contribution is 5.76. The molecule has 2 unspecified atom stereocenters. The summed E-state index contributed by atoms with van der Waals surface area (Å²) in [5.41, 5.74) is 0. The van der Waals surface area contributed by atoms with Crippen molar-refractivity contribution in [1.29, 1.82) is 0 Å². The fourth-order valence-electron chi connectivity index (χ4n) is 2.08. The number of amides is 1. The quantitative estimate of drug-likeness (QED) is 0.611. The van der Waals surface area contributed by atoms with E-state index in [1.807, 2.05) is 6.92 Å². The van der Waals surface area contributed by atoms with E-state index in [4.69, 9.17) is 0 Å². The Balaban J connectivity index is 2.61. The van der Waals surface area contributed by atoms with Crippen molar-refractivity contribution in [2.24, 2.45) is 5.92 Å². The van der Waals surface area contributed by atoms with E-state index in [0.717, 1.165) is 6.54 Å². The number of nitrogens with zero attached hydrogens (tertiary/aromatic N) is 1. The van der Waals surface area contributed by atoms with Crippen LogP contribution >= 0.6 is 0 Å². The van der Waals surface area contributed by atoms with Crippen molar-refractivity contribution in [2.45, 2.75) is 52.5 Å². The number of hydrogen-bond donors (Lipinski definition) is 0. The predicted molar refractivity (Wildman–Crippen MR) is 54.5 cm³/mol. The highest BCUT2D eigenvalue weighted by Crippen LogP contribution is 2.20. The molecule has 1 aliphatic heterocycles. The van der Waals surface area contributed by atoms with E-state index in [0.29, 0.717) is 24.3 Å². The Morgan fingerprint density at radius 1 is 1.38 bits per heavy atom. The van der Waals surface area contributed by atoms with Crippen molar-refractivity contribution in [3.05, 3.63) is 0 Å². The van der Waals surface area contributed by atoms with Crippen molar-refractivity contribution in [3.63, 3.8) is 0 Å². The van der Waals surface area contributed by atoms with Crippen LogP contribution in [0.2, 0.25) is 0 Å². The molecular weight excluding hydrogens is 162 g/mol. The minimum absolute atomic E-state index is 0.321. The van der Waals surface area contributed by atoms with Crippen LogP contribution < -0.4 is 0 Å². The van der Waals surface area contributed by atoms with E-state index in [1.165, 1.54) is 19.3 Å². The summed E-state index contributed by atoms with van der Waals surface area (Å²) in [6, 6.07) is 0.456. The smallest absolute Gasteiger partial charge is 0.222 e. The lowest BCUT2D eigenvalue weighted by Gasteiger charge is -2.28. The second-order valence-corrected chi connectivity index (χ2v) is 4.28. The molecule has 0 N–H and O–H groups in total. The zero-order valence-corrected chi connectivity index (χ0v) is 9.05. The Morgan fingerprint density at radius 3 is 2.69 bits per heavy atom. The molecule has 0 spiro atoms.